The fourth-order valence-electron chi connectivity index (χ4n) is 4.60. The van der Waals surface area contributed by atoms with E-state index in [0.29, 0.717) is 18.8 Å². The number of benzene rings is 2. The molecule has 1 unspecified atom stereocenters. The minimum Gasteiger partial charge on any atom is -0.466 e. The molecule has 1 saturated heterocycles. The Labute approximate surface area is 183 Å². The van der Waals surface area contributed by atoms with E-state index in [2.05, 4.69) is 91.2 Å². The Morgan fingerprint density at radius 2 is 1.57 bits per heavy atom. The van der Waals surface area contributed by atoms with Crippen molar-refractivity contribution in [3.63, 3.8) is 0 Å². The van der Waals surface area contributed by atoms with Gasteiger partial charge in [-0.25, -0.2) is 0 Å². The summed E-state index contributed by atoms with van der Waals surface area (Å²) < 4.78 is 5.22. The van der Waals surface area contributed by atoms with Crippen LogP contribution in [0.5, 0.6) is 0 Å². The highest BCUT2D eigenvalue weighted by Gasteiger charge is 2.42. The predicted molar refractivity (Wildman–Crippen MR) is 127 cm³/mol. The topological polar surface area (TPSA) is 32.8 Å². The molecule has 30 heavy (non-hydrogen) atoms. The number of nitrogens with zero attached hydrogens (tertiary/aromatic N) is 2. The largest absolute Gasteiger partial charge is 0.466 e. The second kappa shape index (κ2) is 10.4. The zero-order valence-corrected chi connectivity index (χ0v) is 20.0. The van der Waals surface area contributed by atoms with Crippen molar-refractivity contribution in [2.45, 2.75) is 51.9 Å². The van der Waals surface area contributed by atoms with Gasteiger partial charge in [0.1, 0.15) is 8.80 Å². The summed E-state index contributed by atoms with van der Waals surface area (Å²) in [5.41, 5.74) is 0.0576. The second-order valence-corrected chi connectivity index (χ2v) is 11.9. The van der Waals surface area contributed by atoms with E-state index in [1.54, 1.807) is 0 Å². The Kier molecular flexibility index (Phi) is 7.86. The van der Waals surface area contributed by atoms with Gasteiger partial charge < -0.3 is 4.74 Å². The molecule has 0 saturated carbocycles. The minimum atomic E-state index is -1.63. The zero-order valence-electron chi connectivity index (χ0n) is 18.9. The van der Waals surface area contributed by atoms with E-state index in [0.717, 1.165) is 26.1 Å². The maximum Gasteiger partial charge on any atom is 0.307 e. The molecule has 162 valence electrons. The van der Waals surface area contributed by atoms with E-state index < -0.39 is 8.80 Å². The molecule has 1 atom stereocenters. The zero-order chi connectivity index (χ0) is 21.6. The molecule has 5 heteroatoms. The number of carbonyl (C=O) groups is 1. The van der Waals surface area contributed by atoms with Gasteiger partial charge in [-0.05, 0) is 34.1 Å². The highest BCUT2D eigenvalue weighted by Crippen LogP contribution is 2.26. The minimum absolute atomic E-state index is 0.0576. The maximum absolute atomic E-state index is 12.1. The Morgan fingerprint density at radius 1 is 1.00 bits per heavy atom. The summed E-state index contributed by atoms with van der Waals surface area (Å²) in [4.78, 5) is 17.4. The quantitative estimate of drug-likeness (QED) is 0.505. The lowest BCUT2D eigenvalue weighted by atomic mass is 10.0. The summed E-state index contributed by atoms with van der Waals surface area (Å²) in [7, 11) is -1.63. The Morgan fingerprint density at radius 3 is 2.07 bits per heavy atom. The normalized spacial score (nSPS) is 18.5. The van der Waals surface area contributed by atoms with Crippen molar-refractivity contribution in [2.75, 3.05) is 26.2 Å². The summed E-state index contributed by atoms with van der Waals surface area (Å²) in [6.07, 6.45) is 1.58. The monoisotopic (exact) mass is 424 g/mol. The van der Waals surface area contributed by atoms with E-state index in [1.165, 1.54) is 10.4 Å². The fourth-order valence-corrected chi connectivity index (χ4v) is 8.62. The molecule has 1 fully saturated rings. The van der Waals surface area contributed by atoms with Crippen molar-refractivity contribution in [2.24, 2.45) is 0 Å². The van der Waals surface area contributed by atoms with Crippen LogP contribution < -0.4 is 10.4 Å². The van der Waals surface area contributed by atoms with Crippen LogP contribution >= 0.6 is 0 Å². The summed E-state index contributed by atoms with van der Waals surface area (Å²) in [6, 6.07) is 22.0. The first kappa shape index (κ1) is 22.7. The van der Waals surface area contributed by atoms with Gasteiger partial charge in [-0.15, -0.1) is 0 Å². The molecular weight excluding hydrogens is 388 g/mol. The third-order valence-electron chi connectivity index (χ3n) is 5.92. The van der Waals surface area contributed by atoms with E-state index in [1.807, 2.05) is 6.92 Å². The molecule has 1 heterocycles. The van der Waals surface area contributed by atoms with E-state index in [-0.39, 0.29) is 11.5 Å². The lowest BCUT2D eigenvalue weighted by Gasteiger charge is -2.52. The average Bonchev–Trinajstić information content (AvgIpc) is 2.74. The standard InChI is InChI=1S/C25H36N2O2Si/c1-5-29-23(28)17-20-26-18-12-19-27(25(2,3)4)24(26)30(21-13-8-6-9-14-21)22-15-10-7-11-16-22/h6-11,13-16,24,30H,5,12,17-20H2,1-4H3. The molecule has 1 aliphatic rings. The molecule has 0 spiro atoms. The van der Waals surface area contributed by atoms with Crippen LogP contribution in [0.15, 0.2) is 60.7 Å². The summed E-state index contributed by atoms with van der Waals surface area (Å²) in [5, 5.41) is 2.90. The lowest BCUT2D eigenvalue weighted by molar-refractivity contribution is -0.143. The van der Waals surface area contributed by atoms with Crippen LogP contribution in [0.4, 0.5) is 0 Å². The second-order valence-electron chi connectivity index (χ2n) is 9.02. The number of rotatable bonds is 7. The van der Waals surface area contributed by atoms with E-state index in [9.17, 15) is 4.79 Å². The van der Waals surface area contributed by atoms with Gasteiger partial charge in [0.05, 0.1) is 18.8 Å². The molecule has 0 aliphatic carbocycles. The van der Waals surface area contributed by atoms with Gasteiger partial charge in [0.25, 0.3) is 0 Å². The number of carbonyl (C=O) groups excluding carboxylic acids is 1. The van der Waals surface area contributed by atoms with Crippen LogP contribution in [0.3, 0.4) is 0 Å². The van der Waals surface area contributed by atoms with E-state index >= 15 is 0 Å². The predicted octanol–water partition coefficient (Wildman–Crippen LogP) is 2.65. The van der Waals surface area contributed by atoms with Crippen LogP contribution in [0.2, 0.25) is 0 Å². The highest BCUT2D eigenvalue weighted by molar-refractivity contribution is 6.86. The van der Waals surface area contributed by atoms with Gasteiger partial charge in [0.15, 0.2) is 0 Å². The molecule has 2 aromatic carbocycles. The van der Waals surface area contributed by atoms with Gasteiger partial charge in [0.2, 0.25) is 0 Å². The Hall–Kier alpha value is -1.95. The van der Waals surface area contributed by atoms with Crippen molar-refractivity contribution in [3.8, 4) is 0 Å². The molecule has 1 aliphatic heterocycles. The molecule has 0 bridgehead atoms. The van der Waals surface area contributed by atoms with Crippen molar-refractivity contribution < 1.29 is 9.53 Å². The summed E-state index contributed by atoms with van der Waals surface area (Å²) >= 11 is 0. The first-order chi connectivity index (χ1) is 14.4. The molecule has 2 aromatic rings. The number of hydrogen-bond donors (Lipinski definition) is 0. The van der Waals surface area contributed by atoms with Crippen molar-refractivity contribution in [3.05, 3.63) is 60.7 Å². The Bertz CT molecular complexity index is 752. The summed E-state index contributed by atoms with van der Waals surface area (Å²) in [6.45, 7) is 12.1. The van der Waals surface area contributed by atoms with E-state index in [4.69, 9.17) is 4.74 Å². The third kappa shape index (κ3) is 5.59. The van der Waals surface area contributed by atoms with Crippen molar-refractivity contribution >= 4 is 25.1 Å². The Balaban J connectivity index is 2.02. The fraction of sp³-hybridized carbons (Fsp3) is 0.480. The molecule has 0 amide bonds. The number of ether oxygens (including phenoxy) is 1. The van der Waals surface area contributed by atoms with Crippen LogP contribution in [-0.4, -0.2) is 62.1 Å². The molecule has 0 aromatic heterocycles. The first-order valence-corrected chi connectivity index (χ1v) is 13.0. The third-order valence-corrected chi connectivity index (χ3v) is 9.51. The number of hydrogen-bond acceptors (Lipinski definition) is 4. The number of esters is 1. The first-order valence-electron chi connectivity index (χ1n) is 11.2. The smallest absolute Gasteiger partial charge is 0.307 e. The average molecular weight is 425 g/mol. The van der Waals surface area contributed by atoms with Crippen LogP contribution in [0.1, 0.15) is 40.5 Å². The molecule has 0 radical (unpaired) electrons. The van der Waals surface area contributed by atoms with Crippen LogP contribution in [0, 0.1) is 0 Å². The molecule has 3 rings (SSSR count). The van der Waals surface area contributed by atoms with Gasteiger partial charge in [-0.1, -0.05) is 71.0 Å². The van der Waals surface area contributed by atoms with Gasteiger partial charge in [-0.3, -0.25) is 14.6 Å². The SMILES string of the molecule is CCOC(=O)CCN1CCCN(C(C)(C)C)C1[SiH](c1ccccc1)c1ccccc1. The lowest BCUT2D eigenvalue weighted by Crippen LogP contribution is -2.71. The van der Waals surface area contributed by atoms with Crippen LogP contribution in [-0.2, 0) is 9.53 Å². The van der Waals surface area contributed by atoms with Gasteiger partial charge in [-0.2, -0.15) is 0 Å². The molecule has 4 nitrogen and oxygen atoms in total. The van der Waals surface area contributed by atoms with Crippen molar-refractivity contribution in [1.82, 2.24) is 9.80 Å². The summed E-state index contributed by atoms with van der Waals surface area (Å²) in [5.74, 6) is 0.222. The van der Waals surface area contributed by atoms with Crippen molar-refractivity contribution in [1.29, 1.82) is 0 Å². The highest BCUT2D eigenvalue weighted by atomic mass is 28.3. The molecule has 0 N–H and O–H groups in total. The van der Waals surface area contributed by atoms with Gasteiger partial charge in [0, 0.05) is 25.2 Å². The maximum atomic E-state index is 12.1. The van der Waals surface area contributed by atoms with Crippen LogP contribution in [0.25, 0.3) is 0 Å². The molecular formula is C25H36N2O2Si. The van der Waals surface area contributed by atoms with Gasteiger partial charge >= 0.3 is 5.97 Å².